The molecule has 0 unspecified atom stereocenters. The molecule has 0 amide bonds. The summed E-state index contributed by atoms with van der Waals surface area (Å²) >= 11 is 0. The molecular formula is C23H27N5. The number of nitrogens with one attached hydrogen (secondary N) is 2. The van der Waals surface area contributed by atoms with E-state index >= 15 is 0 Å². The highest BCUT2D eigenvalue weighted by Gasteiger charge is 2.12. The van der Waals surface area contributed by atoms with E-state index in [1.165, 1.54) is 29.7 Å². The minimum Gasteiger partial charge on any atom is -0.372 e. The molecule has 1 aliphatic rings. The molecule has 1 saturated heterocycles. The van der Waals surface area contributed by atoms with Gasteiger partial charge in [-0.15, -0.1) is 0 Å². The number of aryl methyl sites for hydroxylation is 2. The van der Waals surface area contributed by atoms with Crippen LogP contribution < -0.4 is 15.5 Å². The van der Waals surface area contributed by atoms with Crippen molar-refractivity contribution in [2.45, 2.75) is 33.1 Å². The Morgan fingerprint density at radius 3 is 2.50 bits per heavy atom. The van der Waals surface area contributed by atoms with Gasteiger partial charge in [0.15, 0.2) is 0 Å². The lowest BCUT2D eigenvalue weighted by Gasteiger charge is -2.18. The molecule has 1 fully saturated rings. The van der Waals surface area contributed by atoms with Gasteiger partial charge < -0.3 is 15.5 Å². The highest BCUT2D eigenvalue weighted by molar-refractivity contribution is 5.65. The van der Waals surface area contributed by atoms with E-state index in [9.17, 15) is 0 Å². The Bertz CT molecular complexity index is 930. The van der Waals surface area contributed by atoms with Crippen molar-refractivity contribution in [3.8, 4) is 0 Å². The van der Waals surface area contributed by atoms with Crippen LogP contribution in [0, 0.1) is 6.92 Å². The normalized spacial score (nSPS) is 13.6. The second-order valence-electron chi connectivity index (χ2n) is 7.22. The molecule has 0 radical (unpaired) electrons. The van der Waals surface area contributed by atoms with E-state index in [2.05, 4.69) is 81.8 Å². The number of para-hydroxylation sites is 1. The number of aromatic nitrogens is 2. The summed E-state index contributed by atoms with van der Waals surface area (Å²) in [4.78, 5) is 11.5. The highest BCUT2D eigenvalue weighted by atomic mass is 15.2. The van der Waals surface area contributed by atoms with E-state index in [-0.39, 0.29) is 0 Å². The monoisotopic (exact) mass is 373 g/mol. The molecule has 2 aromatic carbocycles. The molecular weight excluding hydrogens is 346 g/mol. The molecule has 2 heterocycles. The average molecular weight is 374 g/mol. The van der Waals surface area contributed by atoms with Crippen molar-refractivity contribution in [1.82, 2.24) is 9.97 Å². The zero-order valence-corrected chi connectivity index (χ0v) is 16.6. The van der Waals surface area contributed by atoms with Gasteiger partial charge in [0.05, 0.1) is 0 Å². The molecule has 0 bridgehead atoms. The van der Waals surface area contributed by atoms with Crippen LogP contribution >= 0.6 is 0 Å². The zero-order valence-electron chi connectivity index (χ0n) is 16.6. The van der Waals surface area contributed by atoms with E-state index in [4.69, 9.17) is 0 Å². The SMILES string of the molecule is CCc1cccc(C)c1Nc1nccc(Nc2ccc(N3CCCC3)cc2)n1. The van der Waals surface area contributed by atoms with Crippen LogP contribution in [-0.4, -0.2) is 23.1 Å². The van der Waals surface area contributed by atoms with Gasteiger partial charge in [-0.2, -0.15) is 4.98 Å². The molecule has 0 spiro atoms. The first kappa shape index (κ1) is 18.3. The van der Waals surface area contributed by atoms with Crippen LogP contribution in [-0.2, 0) is 6.42 Å². The van der Waals surface area contributed by atoms with Crippen molar-refractivity contribution < 1.29 is 0 Å². The third kappa shape index (κ3) is 4.09. The van der Waals surface area contributed by atoms with Crippen LogP contribution in [0.2, 0.25) is 0 Å². The summed E-state index contributed by atoms with van der Waals surface area (Å²) in [6, 6.07) is 16.8. The van der Waals surface area contributed by atoms with Crippen molar-refractivity contribution in [3.63, 3.8) is 0 Å². The van der Waals surface area contributed by atoms with E-state index < -0.39 is 0 Å². The molecule has 5 heteroatoms. The first-order valence-corrected chi connectivity index (χ1v) is 10.0. The molecule has 3 aromatic rings. The van der Waals surface area contributed by atoms with Gasteiger partial charge in [-0.3, -0.25) is 0 Å². The van der Waals surface area contributed by atoms with Crippen molar-refractivity contribution in [2.24, 2.45) is 0 Å². The lowest BCUT2D eigenvalue weighted by molar-refractivity contribution is 0.949. The predicted octanol–water partition coefficient (Wildman–Crippen LogP) is 5.43. The minimum absolute atomic E-state index is 0.600. The van der Waals surface area contributed by atoms with Gasteiger partial charge in [0.1, 0.15) is 5.82 Å². The van der Waals surface area contributed by atoms with E-state index in [0.29, 0.717) is 5.95 Å². The number of hydrogen-bond donors (Lipinski definition) is 2. The third-order valence-corrected chi connectivity index (χ3v) is 5.24. The summed E-state index contributed by atoms with van der Waals surface area (Å²) in [7, 11) is 0. The van der Waals surface area contributed by atoms with Crippen molar-refractivity contribution in [1.29, 1.82) is 0 Å². The fourth-order valence-corrected chi connectivity index (χ4v) is 3.68. The van der Waals surface area contributed by atoms with E-state index in [1.807, 2.05) is 6.07 Å². The molecule has 0 aliphatic carbocycles. The Morgan fingerprint density at radius 1 is 0.964 bits per heavy atom. The molecule has 2 N–H and O–H groups in total. The van der Waals surface area contributed by atoms with Gasteiger partial charge in [0.25, 0.3) is 0 Å². The first-order valence-electron chi connectivity index (χ1n) is 10.0. The van der Waals surface area contributed by atoms with Crippen molar-refractivity contribution in [2.75, 3.05) is 28.6 Å². The summed E-state index contributed by atoms with van der Waals surface area (Å²) in [6.07, 6.45) is 5.32. The molecule has 1 aliphatic heterocycles. The standard InChI is InChI=1S/C23H27N5/c1-3-18-8-6-7-17(2)22(18)27-23-24-14-13-21(26-23)25-19-9-11-20(12-10-19)28-15-4-5-16-28/h6-14H,3-5,15-16H2,1-2H3,(H2,24,25,26,27). The summed E-state index contributed by atoms with van der Waals surface area (Å²) in [6.45, 7) is 6.58. The number of rotatable bonds is 6. The maximum Gasteiger partial charge on any atom is 0.229 e. The van der Waals surface area contributed by atoms with Gasteiger partial charge in [0.2, 0.25) is 5.95 Å². The summed E-state index contributed by atoms with van der Waals surface area (Å²) < 4.78 is 0. The predicted molar refractivity (Wildman–Crippen MR) is 117 cm³/mol. The Morgan fingerprint density at radius 2 is 1.75 bits per heavy atom. The van der Waals surface area contributed by atoms with Gasteiger partial charge >= 0.3 is 0 Å². The Balaban J connectivity index is 1.48. The largest absolute Gasteiger partial charge is 0.372 e. The van der Waals surface area contributed by atoms with E-state index in [1.54, 1.807) is 6.20 Å². The van der Waals surface area contributed by atoms with E-state index in [0.717, 1.165) is 36.7 Å². The van der Waals surface area contributed by atoms with Crippen molar-refractivity contribution >= 4 is 28.8 Å². The average Bonchev–Trinajstić information content (AvgIpc) is 3.25. The number of benzene rings is 2. The van der Waals surface area contributed by atoms with Crippen molar-refractivity contribution in [3.05, 3.63) is 65.9 Å². The highest BCUT2D eigenvalue weighted by Crippen LogP contribution is 2.26. The quantitative estimate of drug-likeness (QED) is 0.603. The maximum atomic E-state index is 4.64. The fourth-order valence-electron chi connectivity index (χ4n) is 3.68. The second kappa shape index (κ2) is 8.30. The first-order chi connectivity index (χ1) is 13.7. The number of anilines is 5. The van der Waals surface area contributed by atoms with Gasteiger partial charge in [-0.25, -0.2) is 4.98 Å². The number of hydrogen-bond acceptors (Lipinski definition) is 5. The second-order valence-corrected chi connectivity index (χ2v) is 7.22. The smallest absolute Gasteiger partial charge is 0.229 e. The fraction of sp³-hybridized carbons (Fsp3) is 0.304. The summed E-state index contributed by atoms with van der Waals surface area (Å²) in [5.41, 5.74) is 5.87. The molecule has 0 saturated carbocycles. The lowest BCUT2D eigenvalue weighted by Crippen LogP contribution is -2.17. The topological polar surface area (TPSA) is 53.1 Å². The van der Waals surface area contributed by atoms with Gasteiger partial charge in [0, 0.05) is 36.3 Å². The summed E-state index contributed by atoms with van der Waals surface area (Å²) in [5.74, 6) is 1.38. The van der Waals surface area contributed by atoms with Crippen LogP contribution in [0.5, 0.6) is 0 Å². The molecule has 28 heavy (non-hydrogen) atoms. The van der Waals surface area contributed by atoms with Crippen LogP contribution in [0.4, 0.5) is 28.8 Å². The Hall–Kier alpha value is -3.08. The van der Waals surface area contributed by atoms with Gasteiger partial charge in [-0.1, -0.05) is 25.1 Å². The Labute approximate surface area is 166 Å². The Kier molecular flexibility index (Phi) is 5.42. The lowest BCUT2D eigenvalue weighted by atomic mass is 10.1. The molecule has 1 aromatic heterocycles. The zero-order chi connectivity index (χ0) is 19.3. The maximum absolute atomic E-state index is 4.64. The van der Waals surface area contributed by atoms with Gasteiger partial charge in [-0.05, 0) is 67.6 Å². The minimum atomic E-state index is 0.600. The molecule has 144 valence electrons. The van der Waals surface area contributed by atoms with Crippen LogP contribution in [0.1, 0.15) is 30.9 Å². The number of nitrogens with zero attached hydrogens (tertiary/aromatic N) is 3. The summed E-state index contributed by atoms with van der Waals surface area (Å²) in [5, 5.41) is 6.78. The molecule has 5 nitrogen and oxygen atoms in total. The third-order valence-electron chi connectivity index (χ3n) is 5.24. The van der Waals surface area contributed by atoms with Crippen LogP contribution in [0.3, 0.4) is 0 Å². The molecule has 4 rings (SSSR count). The molecule has 0 atom stereocenters. The van der Waals surface area contributed by atoms with Crippen LogP contribution in [0.25, 0.3) is 0 Å². The van der Waals surface area contributed by atoms with Crippen LogP contribution in [0.15, 0.2) is 54.7 Å².